The Bertz CT molecular complexity index is 305. The van der Waals surface area contributed by atoms with Crippen molar-refractivity contribution in [3.63, 3.8) is 0 Å². The van der Waals surface area contributed by atoms with Crippen LogP contribution < -0.4 is 5.32 Å². The minimum atomic E-state index is 0.524. The number of hydrogen-bond acceptors (Lipinski definition) is 3. The van der Waals surface area contributed by atoms with E-state index in [1.165, 1.54) is 51.4 Å². The van der Waals surface area contributed by atoms with E-state index >= 15 is 0 Å². The van der Waals surface area contributed by atoms with Gasteiger partial charge in [0.05, 0.1) is 6.10 Å². The van der Waals surface area contributed by atoms with Gasteiger partial charge in [0.15, 0.2) is 0 Å². The topological polar surface area (TPSA) is 21.3 Å². The third kappa shape index (κ3) is 2.47. The fraction of sp³-hybridized carbons (Fsp3) is 1.00. The normalized spacial score (nSPS) is 40.7. The van der Waals surface area contributed by atoms with E-state index in [0.29, 0.717) is 11.5 Å². The molecule has 0 aromatic carbocycles. The lowest BCUT2D eigenvalue weighted by atomic mass is 9.51. The highest BCUT2D eigenvalue weighted by atomic mass is 32.2. The van der Waals surface area contributed by atoms with Gasteiger partial charge in [-0.05, 0) is 45.3 Å². The zero-order valence-corrected chi connectivity index (χ0v) is 13.3. The van der Waals surface area contributed by atoms with Gasteiger partial charge in [-0.3, -0.25) is 0 Å². The monoisotopic (exact) mass is 283 g/mol. The molecule has 3 heteroatoms. The van der Waals surface area contributed by atoms with Gasteiger partial charge in [-0.15, -0.1) is 0 Å². The molecule has 3 aliphatic rings. The first kappa shape index (κ1) is 14.2. The molecule has 3 rings (SSSR count). The Kier molecular flexibility index (Phi) is 4.45. The SMILES string of the molecule is CCOC1CC(NC2CCCCC2SC)C12CCC2. The molecule has 19 heavy (non-hydrogen) atoms. The van der Waals surface area contributed by atoms with E-state index in [4.69, 9.17) is 4.74 Å². The van der Waals surface area contributed by atoms with Crippen LogP contribution in [-0.2, 0) is 4.74 Å². The van der Waals surface area contributed by atoms with E-state index in [-0.39, 0.29) is 0 Å². The minimum absolute atomic E-state index is 0.524. The second-order valence-corrected chi connectivity index (χ2v) is 7.73. The molecule has 3 fully saturated rings. The average Bonchev–Trinajstić information content (AvgIpc) is 2.36. The first-order valence-corrected chi connectivity index (χ1v) is 9.49. The second kappa shape index (κ2) is 5.95. The summed E-state index contributed by atoms with van der Waals surface area (Å²) in [5.74, 6) is 0. The van der Waals surface area contributed by atoms with Crippen molar-refractivity contribution in [1.82, 2.24) is 5.32 Å². The first-order valence-electron chi connectivity index (χ1n) is 8.20. The van der Waals surface area contributed by atoms with E-state index < -0.39 is 0 Å². The van der Waals surface area contributed by atoms with Crippen LogP contribution in [0.5, 0.6) is 0 Å². The van der Waals surface area contributed by atoms with Crippen molar-refractivity contribution in [2.24, 2.45) is 5.41 Å². The van der Waals surface area contributed by atoms with Gasteiger partial charge in [-0.1, -0.05) is 19.3 Å². The van der Waals surface area contributed by atoms with Crippen molar-refractivity contribution < 1.29 is 4.74 Å². The molecule has 0 heterocycles. The van der Waals surface area contributed by atoms with Gasteiger partial charge in [-0.2, -0.15) is 11.8 Å². The number of hydrogen-bond donors (Lipinski definition) is 1. The molecule has 0 aliphatic heterocycles. The van der Waals surface area contributed by atoms with Crippen LogP contribution in [0.4, 0.5) is 0 Å². The van der Waals surface area contributed by atoms with Crippen molar-refractivity contribution in [3.05, 3.63) is 0 Å². The molecule has 0 saturated heterocycles. The minimum Gasteiger partial charge on any atom is -0.378 e. The Balaban J connectivity index is 1.58. The van der Waals surface area contributed by atoms with Crippen LogP contribution in [0.1, 0.15) is 58.3 Å². The summed E-state index contributed by atoms with van der Waals surface area (Å²) < 4.78 is 5.96. The highest BCUT2D eigenvalue weighted by molar-refractivity contribution is 7.99. The molecule has 4 unspecified atom stereocenters. The molecular formula is C16H29NOS. The van der Waals surface area contributed by atoms with Gasteiger partial charge < -0.3 is 10.1 Å². The highest BCUT2D eigenvalue weighted by Gasteiger charge is 2.59. The summed E-state index contributed by atoms with van der Waals surface area (Å²) in [7, 11) is 0. The lowest BCUT2D eigenvalue weighted by Gasteiger charge is -2.62. The third-order valence-electron chi connectivity index (χ3n) is 5.86. The maximum absolute atomic E-state index is 5.96. The summed E-state index contributed by atoms with van der Waals surface area (Å²) in [5.41, 5.74) is 0.524. The fourth-order valence-corrected chi connectivity index (χ4v) is 5.45. The molecule has 0 amide bonds. The Morgan fingerprint density at radius 1 is 1.21 bits per heavy atom. The molecule has 2 nitrogen and oxygen atoms in total. The number of rotatable bonds is 5. The summed E-state index contributed by atoms with van der Waals surface area (Å²) in [6.07, 6.45) is 13.9. The molecule has 4 atom stereocenters. The Hall–Kier alpha value is 0.270. The van der Waals surface area contributed by atoms with Crippen LogP contribution in [0.25, 0.3) is 0 Å². The molecule has 1 spiro atoms. The van der Waals surface area contributed by atoms with Crippen LogP contribution >= 0.6 is 11.8 Å². The zero-order valence-electron chi connectivity index (χ0n) is 12.5. The van der Waals surface area contributed by atoms with Crippen molar-refractivity contribution in [2.75, 3.05) is 12.9 Å². The molecule has 3 saturated carbocycles. The quantitative estimate of drug-likeness (QED) is 0.833. The molecule has 0 bridgehead atoms. The summed E-state index contributed by atoms with van der Waals surface area (Å²) in [4.78, 5) is 0. The summed E-state index contributed by atoms with van der Waals surface area (Å²) in [5, 5.41) is 4.88. The number of thioether (sulfide) groups is 1. The fourth-order valence-electron chi connectivity index (χ4n) is 4.50. The number of ether oxygens (including phenoxy) is 1. The van der Waals surface area contributed by atoms with Crippen molar-refractivity contribution >= 4 is 11.8 Å². The Labute approximate surface area is 122 Å². The van der Waals surface area contributed by atoms with E-state index in [1.807, 2.05) is 0 Å². The predicted octanol–water partition coefficient (Wildman–Crippen LogP) is 3.60. The third-order valence-corrected chi connectivity index (χ3v) is 7.03. The van der Waals surface area contributed by atoms with Crippen LogP contribution in [0.2, 0.25) is 0 Å². The lowest BCUT2D eigenvalue weighted by molar-refractivity contribution is -0.175. The average molecular weight is 283 g/mol. The Morgan fingerprint density at radius 3 is 2.63 bits per heavy atom. The van der Waals surface area contributed by atoms with Crippen LogP contribution in [-0.4, -0.2) is 36.3 Å². The summed E-state index contributed by atoms with van der Waals surface area (Å²) in [6.45, 7) is 3.02. The van der Waals surface area contributed by atoms with E-state index in [1.54, 1.807) is 0 Å². The van der Waals surface area contributed by atoms with Crippen LogP contribution in [0.15, 0.2) is 0 Å². The van der Waals surface area contributed by atoms with Gasteiger partial charge >= 0.3 is 0 Å². The second-order valence-electron chi connectivity index (χ2n) is 6.65. The van der Waals surface area contributed by atoms with Crippen molar-refractivity contribution in [1.29, 1.82) is 0 Å². The van der Waals surface area contributed by atoms with E-state index in [9.17, 15) is 0 Å². The van der Waals surface area contributed by atoms with E-state index in [2.05, 4.69) is 30.3 Å². The molecule has 0 radical (unpaired) electrons. The molecular weight excluding hydrogens is 254 g/mol. The maximum Gasteiger partial charge on any atom is 0.0661 e. The largest absolute Gasteiger partial charge is 0.378 e. The first-order chi connectivity index (χ1) is 9.30. The lowest BCUT2D eigenvalue weighted by Crippen LogP contribution is -2.69. The number of nitrogens with one attached hydrogen (secondary N) is 1. The van der Waals surface area contributed by atoms with Crippen LogP contribution in [0.3, 0.4) is 0 Å². The van der Waals surface area contributed by atoms with Gasteiger partial charge in [0, 0.05) is 29.4 Å². The molecule has 0 aromatic heterocycles. The summed E-state index contributed by atoms with van der Waals surface area (Å²) in [6, 6.07) is 1.50. The van der Waals surface area contributed by atoms with Gasteiger partial charge in [-0.25, -0.2) is 0 Å². The molecule has 0 aromatic rings. The van der Waals surface area contributed by atoms with Gasteiger partial charge in [0.25, 0.3) is 0 Å². The van der Waals surface area contributed by atoms with Gasteiger partial charge in [0.2, 0.25) is 0 Å². The smallest absolute Gasteiger partial charge is 0.0661 e. The highest BCUT2D eigenvalue weighted by Crippen LogP contribution is 2.57. The van der Waals surface area contributed by atoms with Crippen molar-refractivity contribution in [2.45, 2.75) is 81.7 Å². The molecule has 110 valence electrons. The predicted molar refractivity (Wildman–Crippen MR) is 82.8 cm³/mol. The molecule has 1 N–H and O–H groups in total. The molecule has 3 aliphatic carbocycles. The van der Waals surface area contributed by atoms with Crippen molar-refractivity contribution in [3.8, 4) is 0 Å². The van der Waals surface area contributed by atoms with Crippen LogP contribution in [0, 0.1) is 5.41 Å². The standard InChI is InChI=1S/C16H29NOS/c1-3-18-15-11-14(16(15)9-6-10-16)17-12-7-4-5-8-13(12)19-2/h12-15,17H,3-11H2,1-2H3. The summed E-state index contributed by atoms with van der Waals surface area (Å²) >= 11 is 2.07. The van der Waals surface area contributed by atoms with E-state index in [0.717, 1.165) is 23.9 Å². The maximum atomic E-state index is 5.96. The Morgan fingerprint density at radius 2 is 2.00 bits per heavy atom. The van der Waals surface area contributed by atoms with Gasteiger partial charge in [0.1, 0.15) is 0 Å². The zero-order chi connectivity index (χ0) is 13.3.